The Morgan fingerprint density at radius 2 is 2.00 bits per heavy atom. The molecule has 0 unspecified atom stereocenters. The summed E-state index contributed by atoms with van der Waals surface area (Å²) in [5.41, 5.74) is 0.382. The lowest BCUT2D eigenvalue weighted by atomic mass is 9.75. The average Bonchev–Trinajstić information content (AvgIpc) is 3.05. The first kappa shape index (κ1) is 14.6. The van der Waals surface area contributed by atoms with E-state index in [1.807, 2.05) is 24.5 Å². The monoisotopic (exact) mass is 313 g/mol. The molecule has 0 radical (unpaired) electrons. The fraction of sp³-hybridized carbons (Fsp3) is 0.588. The summed E-state index contributed by atoms with van der Waals surface area (Å²) in [4.78, 5) is 11.4. The highest BCUT2D eigenvalue weighted by atomic mass is 16.5. The van der Waals surface area contributed by atoms with E-state index in [0.29, 0.717) is 5.41 Å². The smallest absolute Gasteiger partial charge is 0.227 e. The zero-order valence-corrected chi connectivity index (χ0v) is 13.4. The number of hydrogen-bond acceptors (Lipinski definition) is 5. The van der Waals surface area contributed by atoms with Crippen molar-refractivity contribution < 1.29 is 4.74 Å². The third-order valence-electron chi connectivity index (χ3n) is 5.13. The summed E-state index contributed by atoms with van der Waals surface area (Å²) < 4.78 is 7.61. The first-order chi connectivity index (χ1) is 11.3. The summed E-state index contributed by atoms with van der Waals surface area (Å²) in [5, 5.41) is 4.24. The largest absolute Gasteiger partial charge is 0.381 e. The van der Waals surface area contributed by atoms with Gasteiger partial charge < -0.3 is 9.64 Å². The first-order valence-corrected chi connectivity index (χ1v) is 8.51. The van der Waals surface area contributed by atoms with Crippen LogP contribution in [0.1, 0.15) is 32.1 Å². The van der Waals surface area contributed by atoms with Gasteiger partial charge in [-0.05, 0) is 37.2 Å². The van der Waals surface area contributed by atoms with Crippen LogP contribution < -0.4 is 4.90 Å². The molecule has 2 aliphatic rings. The van der Waals surface area contributed by atoms with Crippen molar-refractivity contribution in [2.45, 2.75) is 32.1 Å². The molecular formula is C17H23N5O. The van der Waals surface area contributed by atoms with Gasteiger partial charge in [0, 0.05) is 44.4 Å². The second-order valence-electron chi connectivity index (χ2n) is 6.66. The van der Waals surface area contributed by atoms with Crippen LogP contribution in [0, 0.1) is 5.41 Å². The highest BCUT2D eigenvalue weighted by molar-refractivity contribution is 5.35. The molecule has 23 heavy (non-hydrogen) atoms. The third kappa shape index (κ3) is 3.08. The van der Waals surface area contributed by atoms with Gasteiger partial charge in [-0.25, -0.2) is 9.67 Å². The predicted molar refractivity (Wildman–Crippen MR) is 87.7 cm³/mol. The molecule has 6 nitrogen and oxygen atoms in total. The van der Waals surface area contributed by atoms with E-state index >= 15 is 0 Å². The van der Waals surface area contributed by atoms with Crippen LogP contribution in [-0.2, 0) is 4.74 Å². The summed E-state index contributed by atoms with van der Waals surface area (Å²) in [6.45, 7) is 3.87. The molecule has 0 atom stereocenters. The number of aromatic nitrogens is 4. The molecule has 4 heterocycles. The Kier molecular flexibility index (Phi) is 3.99. The molecule has 0 aliphatic carbocycles. The molecular weight excluding hydrogens is 290 g/mol. The van der Waals surface area contributed by atoms with E-state index in [9.17, 15) is 0 Å². The maximum absolute atomic E-state index is 5.84. The first-order valence-electron chi connectivity index (χ1n) is 8.51. The van der Waals surface area contributed by atoms with Gasteiger partial charge in [-0.1, -0.05) is 6.42 Å². The maximum atomic E-state index is 5.84. The van der Waals surface area contributed by atoms with Crippen molar-refractivity contribution in [3.05, 3.63) is 30.7 Å². The molecule has 1 spiro atoms. The number of piperidine rings is 1. The molecule has 122 valence electrons. The van der Waals surface area contributed by atoms with Gasteiger partial charge >= 0.3 is 0 Å². The summed E-state index contributed by atoms with van der Waals surface area (Å²) >= 11 is 0. The predicted octanol–water partition coefficient (Wildman–Crippen LogP) is 2.45. The van der Waals surface area contributed by atoms with Crippen molar-refractivity contribution in [3.63, 3.8) is 0 Å². The standard InChI is InChI=1S/C17H23N5O/c1-2-13-23-14-17(5-1)6-11-21(12-7-17)16-18-9-4-15(20-16)22-10-3-8-19-22/h3-4,8-10H,1-2,5-7,11-14H2. The van der Waals surface area contributed by atoms with Crippen molar-refractivity contribution >= 4 is 5.95 Å². The zero-order chi connectivity index (χ0) is 15.5. The van der Waals surface area contributed by atoms with Crippen molar-refractivity contribution in [2.24, 2.45) is 5.41 Å². The average molecular weight is 313 g/mol. The Morgan fingerprint density at radius 1 is 1.09 bits per heavy atom. The van der Waals surface area contributed by atoms with Gasteiger partial charge in [-0.3, -0.25) is 0 Å². The van der Waals surface area contributed by atoms with Crippen molar-refractivity contribution in [1.82, 2.24) is 19.7 Å². The topological polar surface area (TPSA) is 56.1 Å². The minimum Gasteiger partial charge on any atom is -0.381 e. The number of hydrogen-bond donors (Lipinski definition) is 0. The number of anilines is 1. The molecule has 2 saturated heterocycles. The molecule has 0 amide bonds. The SMILES string of the molecule is c1cnn(-c2ccnc(N3CCC4(CCCCOC4)CC3)n2)c1. The van der Waals surface area contributed by atoms with E-state index in [2.05, 4.69) is 20.0 Å². The van der Waals surface area contributed by atoms with E-state index in [1.165, 1.54) is 32.1 Å². The van der Waals surface area contributed by atoms with Gasteiger partial charge in [-0.15, -0.1) is 0 Å². The van der Waals surface area contributed by atoms with Gasteiger partial charge in [0.15, 0.2) is 5.82 Å². The lowest BCUT2D eigenvalue weighted by molar-refractivity contribution is 0.0436. The van der Waals surface area contributed by atoms with Crippen LogP contribution in [0.25, 0.3) is 5.82 Å². The van der Waals surface area contributed by atoms with Gasteiger partial charge in [0.2, 0.25) is 5.95 Å². The van der Waals surface area contributed by atoms with Crippen LogP contribution in [0.5, 0.6) is 0 Å². The second kappa shape index (κ2) is 6.28. The maximum Gasteiger partial charge on any atom is 0.227 e. The summed E-state index contributed by atoms with van der Waals surface area (Å²) in [5.74, 6) is 1.63. The van der Waals surface area contributed by atoms with Crippen LogP contribution in [0.3, 0.4) is 0 Å². The van der Waals surface area contributed by atoms with Gasteiger partial charge in [0.1, 0.15) is 0 Å². The summed E-state index contributed by atoms with van der Waals surface area (Å²) in [6, 6.07) is 3.79. The Morgan fingerprint density at radius 3 is 2.83 bits per heavy atom. The summed E-state index contributed by atoms with van der Waals surface area (Å²) in [7, 11) is 0. The van der Waals surface area contributed by atoms with Crippen molar-refractivity contribution in [1.29, 1.82) is 0 Å². The van der Waals surface area contributed by atoms with Crippen LogP contribution in [0.2, 0.25) is 0 Å². The van der Waals surface area contributed by atoms with Crippen LogP contribution >= 0.6 is 0 Å². The Hall–Kier alpha value is -1.95. The number of rotatable bonds is 2. The normalized spacial score (nSPS) is 21.3. The quantitative estimate of drug-likeness (QED) is 0.852. The third-order valence-corrected chi connectivity index (χ3v) is 5.13. The van der Waals surface area contributed by atoms with Crippen LogP contribution in [0.15, 0.2) is 30.7 Å². The Bertz CT molecular complexity index is 624. The molecule has 4 rings (SSSR count). The molecule has 2 aliphatic heterocycles. The number of nitrogens with zero attached hydrogens (tertiary/aromatic N) is 5. The van der Waals surface area contributed by atoms with Gasteiger partial charge in [-0.2, -0.15) is 10.1 Å². The lowest BCUT2D eigenvalue weighted by Crippen LogP contribution is -2.42. The zero-order valence-electron chi connectivity index (χ0n) is 13.4. The van der Waals surface area contributed by atoms with Crippen LogP contribution in [0.4, 0.5) is 5.95 Å². The highest BCUT2D eigenvalue weighted by Crippen LogP contribution is 2.39. The van der Waals surface area contributed by atoms with E-state index in [-0.39, 0.29) is 0 Å². The molecule has 2 fully saturated rings. The van der Waals surface area contributed by atoms with E-state index < -0.39 is 0 Å². The second-order valence-corrected chi connectivity index (χ2v) is 6.66. The van der Waals surface area contributed by atoms with Crippen molar-refractivity contribution in [2.75, 3.05) is 31.2 Å². The molecule has 2 aromatic rings. The molecule has 6 heteroatoms. The molecule has 0 saturated carbocycles. The van der Waals surface area contributed by atoms with E-state index in [0.717, 1.165) is 38.1 Å². The molecule has 0 aromatic carbocycles. The molecule has 0 bridgehead atoms. The van der Waals surface area contributed by atoms with Crippen LogP contribution in [-0.4, -0.2) is 46.1 Å². The molecule has 2 aromatic heterocycles. The number of ether oxygens (including phenoxy) is 1. The van der Waals surface area contributed by atoms with E-state index in [4.69, 9.17) is 4.74 Å². The van der Waals surface area contributed by atoms with E-state index in [1.54, 1.807) is 10.9 Å². The van der Waals surface area contributed by atoms with Gasteiger partial charge in [0.25, 0.3) is 0 Å². The van der Waals surface area contributed by atoms with Crippen molar-refractivity contribution in [3.8, 4) is 5.82 Å². The summed E-state index contributed by atoms with van der Waals surface area (Å²) in [6.07, 6.45) is 11.6. The minimum atomic E-state index is 0.382. The Labute approximate surface area is 136 Å². The molecule has 0 N–H and O–H groups in total. The Balaban J connectivity index is 1.47. The van der Waals surface area contributed by atoms with Gasteiger partial charge in [0.05, 0.1) is 6.61 Å². The minimum absolute atomic E-state index is 0.382. The fourth-order valence-corrected chi connectivity index (χ4v) is 3.66. The fourth-order valence-electron chi connectivity index (χ4n) is 3.66. The lowest BCUT2D eigenvalue weighted by Gasteiger charge is -2.41. The highest BCUT2D eigenvalue weighted by Gasteiger charge is 2.36.